The van der Waals surface area contributed by atoms with Crippen molar-refractivity contribution < 1.29 is 37.1 Å². The Balaban J connectivity index is 1.44. The highest BCUT2D eigenvalue weighted by molar-refractivity contribution is 5.96. The van der Waals surface area contributed by atoms with E-state index in [4.69, 9.17) is 9.15 Å². The molecule has 2 aromatic carbocycles. The largest absolute Gasteiger partial charge is 0.459 e. The van der Waals surface area contributed by atoms with Gasteiger partial charge in [0.15, 0.2) is 12.4 Å². The van der Waals surface area contributed by atoms with Crippen LogP contribution in [0.5, 0.6) is 5.75 Å². The molecule has 0 bridgehead atoms. The molecule has 0 aliphatic carbocycles. The molecule has 1 atom stereocenters. The molecule has 10 heteroatoms. The van der Waals surface area contributed by atoms with Gasteiger partial charge in [-0.1, -0.05) is 36.4 Å². The number of amides is 2. The van der Waals surface area contributed by atoms with Crippen molar-refractivity contribution in [1.82, 2.24) is 4.90 Å². The summed E-state index contributed by atoms with van der Waals surface area (Å²) in [5.41, 5.74) is 1.78. The number of fused-ring (bicyclic) bond motifs is 1. The van der Waals surface area contributed by atoms with E-state index >= 15 is 0 Å². The van der Waals surface area contributed by atoms with Crippen LogP contribution in [0.15, 0.2) is 71.3 Å². The summed E-state index contributed by atoms with van der Waals surface area (Å²) in [6, 6.07) is 15.1. The van der Waals surface area contributed by atoms with Crippen LogP contribution in [0.4, 0.5) is 14.5 Å². The summed E-state index contributed by atoms with van der Waals surface area (Å²) in [6.45, 7) is -3.58. The van der Waals surface area contributed by atoms with Crippen LogP contribution in [0.25, 0.3) is 0 Å². The summed E-state index contributed by atoms with van der Waals surface area (Å²) in [6.07, 6.45) is 1.56. The van der Waals surface area contributed by atoms with Crippen molar-refractivity contribution in [2.75, 3.05) is 11.9 Å². The molecule has 176 valence electrons. The number of anilines is 1. The third kappa shape index (κ3) is 5.22. The number of alkyl halides is 2. The summed E-state index contributed by atoms with van der Waals surface area (Å²) in [7, 11) is 0. The van der Waals surface area contributed by atoms with E-state index in [1.54, 1.807) is 6.07 Å². The third-order valence-corrected chi connectivity index (χ3v) is 5.24. The summed E-state index contributed by atoms with van der Waals surface area (Å²) >= 11 is 0. The maximum atomic E-state index is 13.0. The Morgan fingerprint density at radius 1 is 1.03 bits per heavy atom. The van der Waals surface area contributed by atoms with Crippen molar-refractivity contribution in [1.29, 1.82) is 0 Å². The Hall–Kier alpha value is -4.21. The van der Waals surface area contributed by atoms with E-state index in [0.717, 1.165) is 11.1 Å². The van der Waals surface area contributed by atoms with Crippen LogP contribution in [-0.2, 0) is 27.3 Å². The molecule has 1 aliphatic heterocycles. The van der Waals surface area contributed by atoms with Gasteiger partial charge in [-0.15, -0.1) is 0 Å². The predicted octanol–water partition coefficient (Wildman–Crippen LogP) is 3.63. The monoisotopic (exact) mass is 470 g/mol. The molecule has 1 aliphatic rings. The van der Waals surface area contributed by atoms with Crippen molar-refractivity contribution in [3.63, 3.8) is 0 Å². The van der Waals surface area contributed by atoms with Gasteiger partial charge in [0.2, 0.25) is 0 Å². The van der Waals surface area contributed by atoms with Crippen LogP contribution in [0, 0.1) is 0 Å². The van der Waals surface area contributed by atoms with Gasteiger partial charge in [0.05, 0.1) is 12.0 Å². The zero-order valence-electron chi connectivity index (χ0n) is 17.8. The number of carbonyl (C=O) groups is 3. The molecule has 1 aromatic heterocycles. The van der Waals surface area contributed by atoms with Gasteiger partial charge in [0.25, 0.3) is 11.8 Å². The van der Waals surface area contributed by atoms with E-state index in [1.807, 2.05) is 24.3 Å². The minimum atomic E-state index is -3.07. The van der Waals surface area contributed by atoms with Gasteiger partial charge in [0, 0.05) is 13.0 Å². The van der Waals surface area contributed by atoms with Crippen LogP contribution < -0.4 is 10.1 Å². The van der Waals surface area contributed by atoms with Crippen LogP contribution >= 0.6 is 0 Å². The minimum absolute atomic E-state index is 0.00469. The molecular weight excluding hydrogens is 450 g/mol. The lowest BCUT2D eigenvalue weighted by Crippen LogP contribution is -2.49. The van der Waals surface area contributed by atoms with E-state index in [9.17, 15) is 23.2 Å². The normalized spacial score (nSPS) is 14.9. The number of benzene rings is 2. The van der Waals surface area contributed by atoms with Crippen molar-refractivity contribution in [3.8, 4) is 5.75 Å². The molecular formula is C24H20F2N2O6. The molecule has 2 heterocycles. The Bertz CT molecular complexity index is 1180. The van der Waals surface area contributed by atoms with E-state index in [0.29, 0.717) is 0 Å². The standard InChI is InChI=1S/C24H20F2N2O6/c25-24(26)34-19-9-4-3-8-17(19)27-21(29)14-33-23(31)18-12-15-6-1-2-7-16(15)13-28(18)22(30)20-10-5-11-32-20/h1-11,18,24H,12-14H2,(H,27,29)/t18-/m0/s1. The Kier molecular flexibility index (Phi) is 6.86. The number of nitrogens with zero attached hydrogens (tertiary/aromatic N) is 1. The first-order chi connectivity index (χ1) is 16.4. The Morgan fingerprint density at radius 2 is 1.76 bits per heavy atom. The van der Waals surface area contributed by atoms with Gasteiger partial charge >= 0.3 is 12.6 Å². The first-order valence-corrected chi connectivity index (χ1v) is 10.3. The second-order valence-corrected chi connectivity index (χ2v) is 7.43. The first-order valence-electron chi connectivity index (χ1n) is 10.3. The number of ether oxygens (including phenoxy) is 2. The molecule has 0 saturated heterocycles. The van der Waals surface area contributed by atoms with Crippen LogP contribution in [0.2, 0.25) is 0 Å². The maximum absolute atomic E-state index is 13.0. The topological polar surface area (TPSA) is 98.1 Å². The first kappa shape index (κ1) is 23.0. The zero-order valence-corrected chi connectivity index (χ0v) is 17.8. The van der Waals surface area contributed by atoms with E-state index in [-0.39, 0.29) is 30.2 Å². The van der Waals surface area contributed by atoms with E-state index in [1.165, 1.54) is 41.5 Å². The molecule has 2 amide bonds. The number of nitrogens with one attached hydrogen (secondary N) is 1. The van der Waals surface area contributed by atoms with Gasteiger partial charge in [-0.2, -0.15) is 8.78 Å². The molecule has 0 spiro atoms. The molecule has 0 radical (unpaired) electrons. The number of para-hydroxylation sites is 2. The number of furan rings is 1. The van der Waals surface area contributed by atoms with Crippen LogP contribution in [-0.4, -0.2) is 41.9 Å². The summed E-state index contributed by atoms with van der Waals surface area (Å²) < 4.78 is 39.9. The summed E-state index contributed by atoms with van der Waals surface area (Å²) in [5, 5.41) is 2.38. The maximum Gasteiger partial charge on any atom is 0.387 e. The number of hydrogen-bond donors (Lipinski definition) is 1. The summed E-state index contributed by atoms with van der Waals surface area (Å²) in [4.78, 5) is 39.5. The molecule has 1 N–H and O–H groups in total. The molecule has 4 rings (SSSR count). The second kappa shape index (κ2) is 10.2. The fourth-order valence-electron chi connectivity index (χ4n) is 3.68. The SMILES string of the molecule is O=C(COC(=O)[C@@H]1Cc2ccccc2CN1C(=O)c1ccco1)Nc1ccccc1OC(F)F. The van der Waals surface area contributed by atoms with E-state index in [2.05, 4.69) is 10.1 Å². The molecule has 0 unspecified atom stereocenters. The van der Waals surface area contributed by atoms with Crippen molar-refractivity contribution in [3.05, 3.63) is 83.8 Å². The van der Waals surface area contributed by atoms with Crippen LogP contribution in [0.3, 0.4) is 0 Å². The van der Waals surface area contributed by atoms with Crippen molar-refractivity contribution in [2.24, 2.45) is 0 Å². The third-order valence-electron chi connectivity index (χ3n) is 5.24. The van der Waals surface area contributed by atoms with Crippen molar-refractivity contribution >= 4 is 23.5 Å². The molecule has 3 aromatic rings. The Morgan fingerprint density at radius 3 is 2.50 bits per heavy atom. The number of hydrogen-bond acceptors (Lipinski definition) is 6. The fourth-order valence-corrected chi connectivity index (χ4v) is 3.68. The molecule has 8 nitrogen and oxygen atoms in total. The predicted molar refractivity (Wildman–Crippen MR) is 115 cm³/mol. The average Bonchev–Trinajstić information content (AvgIpc) is 3.37. The lowest BCUT2D eigenvalue weighted by atomic mass is 9.93. The van der Waals surface area contributed by atoms with Gasteiger partial charge in [-0.05, 0) is 35.4 Å². The average molecular weight is 470 g/mol. The lowest BCUT2D eigenvalue weighted by Gasteiger charge is -2.34. The smallest absolute Gasteiger partial charge is 0.387 e. The second-order valence-electron chi connectivity index (χ2n) is 7.43. The summed E-state index contributed by atoms with van der Waals surface area (Å²) in [5.74, 6) is -2.16. The lowest BCUT2D eigenvalue weighted by molar-refractivity contribution is -0.152. The minimum Gasteiger partial charge on any atom is -0.459 e. The Labute approximate surface area is 193 Å². The molecule has 0 fully saturated rings. The van der Waals surface area contributed by atoms with Gasteiger partial charge in [0.1, 0.15) is 11.8 Å². The van der Waals surface area contributed by atoms with E-state index < -0.39 is 37.0 Å². The highest BCUT2D eigenvalue weighted by atomic mass is 19.3. The molecule has 34 heavy (non-hydrogen) atoms. The fraction of sp³-hybridized carbons (Fsp3) is 0.208. The van der Waals surface area contributed by atoms with Gasteiger partial charge in [-0.3, -0.25) is 9.59 Å². The number of esters is 1. The zero-order chi connectivity index (χ0) is 24.1. The van der Waals surface area contributed by atoms with Crippen LogP contribution in [0.1, 0.15) is 21.7 Å². The quantitative estimate of drug-likeness (QED) is 0.530. The highest BCUT2D eigenvalue weighted by Gasteiger charge is 2.37. The van der Waals surface area contributed by atoms with Crippen molar-refractivity contribution in [2.45, 2.75) is 25.6 Å². The number of carbonyl (C=O) groups excluding carboxylic acids is 3. The number of rotatable bonds is 7. The number of halogens is 2. The van der Waals surface area contributed by atoms with Gasteiger partial charge < -0.3 is 24.1 Å². The molecule has 0 saturated carbocycles. The van der Waals surface area contributed by atoms with Gasteiger partial charge in [-0.25, -0.2) is 4.79 Å². The highest BCUT2D eigenvalue weighted by Crippen LogP contribution is 2.27.